The Labute approximate surface area is 145 Å². The van der Waals surface area contributed by atoms with Gasteiger partial charge in [-0.25, -0.2) is 0 Å². The first kappa shape index (κ1) is 15.9. The molecule has 1 aromatic carbocycles. The van der Waals surface area contributed by atoms with Crippen LogP contribution >= 0.6 is 0 Å². The lowest BCUT2D eigenvalue weighted by atomic mass is 9.93. The Balaban J connectivity index is 1.33. The largest absolute Gasteiger partial charge is 0.354 e. The molecule has 24 heavy (non-hydrogen) atoms. The lowest BCUT2D eigenvalue weighted by Crippen LogP contribution is -2.54. The Kier molecular flexibility index (Phi) is 4.74. The second-order valence-electron chi connectivity index (χ2n) is 7.70. The Morgan fingerprint density at radius 2 is 1.67 bits per heavy atom. The molecule has 0 spiro atoms. The molecule has 0 radical (unpaired) electrons. The molecule has 2 heterocycles. The van der Waals surface area contributed by atoms with E-state index in [0.717, 1.165) is 24.6 Å². The lowest BCUT2D eigenvalue weighted by Gasteiger charge is -2.40. The fourth-order valence-corrected chi connectivity index (χ4v) is 4.55. The number of aliphatic imine (C=N–C) groups is 1. The Morgan fingerprint density at radius 3 is 2.25 bits per heavy atom. The molecular formula is C20H30N4. The van der Waals surface area contributed by atoms with Gasteiger partial charge in [0.15, 0.2) is 5.96 Å². The summed E-state index contributed by atoms with van der Waals surface area (Å²) in [6, 6.07) is 13.6. The molecule has 2 bridgehead atoms. The molecule has 4 rings (SSSR count). The van der Waals surface area contributed by atoms with Gasteiger partial charge in [-0.3, -0.25) is 9.89 Å². The number of fused-ring (bicyclic) bond motifs is 2. The molecule has 1 aromatic rings. The highest BCUT2D eigenvalue weighted by atomic mass is 15.3. The van der Waals surface area contributed by atoms with Gasteiger partial charge in [-0.1, -0.05) is 30.3 Å². The van der Waals surface area contributed by atoms with E-state index in [1.54, 1.807) is 0 Å². The average molecular weight is 326 g/mol. The first-order valence-electron chi connectivity index (χ1n) is 9.61. The predicted molar refractivity (Wildman–Crippen MR) is 99.1 cm³/mol. The van der Waals surface area contributed by atoms with Gasteiger partial charge in [0.2, 0.25) is 0 Å². The van der Waals surface area contributed by atoms with E-state index in [-0.39, 0.29) is 0 Å². The van der Waals surface area contributed by atoms with Gasteiger partial charge in [0.05, 0.1) is 0 Å². The number of hydrogen-bond donors (Lipinski definition) is 2. The molecule has 1 aliphatic carbocycles. The molecular weight excluding hydrogens is 296 g/mol. The molecule has 2 N–H and O–H groups in total. The highest BCUT2D eigenvalue weighted by Crippen LogP contribution is 2.36. The van der Waals surface area contributed by atoms with Crippen LogP contribution in [0, 0.1) is 0 Å². The average Bonchev–Trinajstić information content (AvgIpc) is 2.80. The van der Waals surface area contributed by atoms with E-state index < -0.39 is 0 Å². The quantitative estimate of drug-likeness (QED) is 0.660. The van der Waals surface area contributed by atoms with E-state index in [2.05, 4.69) is 50.9 Å². The van der Waals surface area contributed by atoms with Crippen LogP contribution in [0.5, 0.6) is 0 Å². The van der Waals surface area contributed by atoms with Gasteiger partial charge in [-0.2, -0.15) is 0 Å². The Morgan fingerprint density at radius 1 is 1.00 bits per heavy atom. The van der Waals surface area contributed by atoms with Gasteiger partial charge in [-0.15, -0.1) is 0 Å². The summed E-state index contributed by atoms with van der Waals surface area (Å²) in [6.45, 7) is 1.11. The lowest BCUT2D eigenvalue weighted by molar-refractivity contribution is 0.114. The smallest absolute Gasteiger partial charge is 0.191 e. The van der Waals surface area contributed by atoms with Crippen molar-refractivity contribution >= 4 is 5.96 Å². The van der Waals surface area contributed by atoms with Crippen molar-refractivity contribution in [3.63, 3.8) is 0 Å². The predicted octanol–water partition coefficient (Wildman–Crippen LogP) is 2.90. The van der Waals surface area contributed by atoms with Crippen molar-refractivity contribution in [2.75, 3.05) is 7.05 Å². The summed E-state index contributed by atoms with van der Waals surface area (Å²) < 4.78 is 0. The van der Waals surface area contributed by atoms with Crippen LogP contribution < -0.4 is 10.6 Å². The summed E-state index contributed by atoms with van der Waals surface area (Å²) in [5.74, 6) is 1.01. The normalized spacial score (nSPS) is 30.9. The highest BCUT2D eigenvalue weighted by molar-refractivity contribution is 5.80. The van der Waals surface area contributed by atoms with Crippen LogP contribution in [0.2, 0.25) is 0 Å². The number of nitrogens with one attached hydrogen (secondary N) is 2. The standard InChI is InChI=1S/C20H30N4/c1-21-20(22-16-8-5-9-16)23-17-12-18-10-11-19(13-17)24(18)14-15-6-3-2-4-7-15/h2-4,6-7,16-19H,5,8-14H2,1H3,(H2,21,22,23). The van der Waals surface area contributed by atoms with E-state index in [4.69, 9.17) is 0 Å². The van der Waals surface area contributed by atoms with E-state index in [1.165, 1.54) is 50.5 Å². The van der Waals surface area contributed by atoms with Gasteiger partial charge in [0, 0.05) is 37.8 Å². The van der Waals surface area contributed by atoms with Crippen molar-refractivity contribution in [1.82, 2.24) is 15.5 Å². The third-order valence-electron chi connectivity index (χ3n) is 6.10. The maximum absolute atomic E-state index is 4.44. The summed E-state index contributed by atoms with van der Waals surface area (Å²) in [7, 11) is 1.90. The minimum Gasteiger partial charge on any atom is -0.354 e. The van der Waals surface area contributed by atoms with E-state index in [0.29, 0.717) is 12.1 Å². The van der Waals surface area contributed by atoms with Crippen LogP contribution in [-0.2, 0) is 6.54 Å². The summed E-state index contributed by atoms with van der Waals surface area (Å²) in [5, 5.41) is 7.28. The van der Waals surface area contributed by atoms with Gasteiger partial charge in [0.1, 0.15) is 0 Å². The summed E-state index contributed by atoms with van der Waals surface area (Å²) >= 11 is 0. The molecule has 2 aliphatic heterocycles. The molecule has 3 fully saturated rings. The molecule has 4 nitrogen and oxygen atoms in total. The Bertz CT molecular complexity index is 552. The monoisotopic (exact) mass is 326 g/mol. The molecule has 2 unspecified atom stereocenters. The molecule has 0 amide bonds. The molecule has 1 saturated carbocycles. The van der Waals surface area contributed by atoms with Crippen LogP contribution in [0.15, 0.2) is 35.3 Å². The first-order valence-corrected chi connectivity index (χ1v) is 9.61. The van der Waals surface area contributed by atoms with Crippen LogP contribution in [0.3, 0.4) is 0 Å². The molecule has 4 heteroatoms. The fraction of sp³-hybridized carbons (Fsp3) is 0.650. The molecule has 3 aliphatic rings. The third kappa shape index (κ3) is 3.44. The maximum Gasteiger partial charge on any atom is 0.191 e. The highest BCUT2D eigenvalue weighted by Gasteiger charge is 2.40. The zero-order valence-corrected chi connectivity index (χ0v) is 14.7. The SMILES string of the molecule is CN=C(NC1CCC1)NC1CC2CCC(C1)N2Cc1ccccc1. The molecule has 130 valence electrons. The van der Waals surface area contributed by atoms with Gasteiger partial charge in [-0.05, 0) is 50.5 Å². The van der Waals surface area contributed by atoms with Gasteiger partial charge >= 0.3 is 0 Å². The number of benzene rings is 1. The summed E-state index contributed by atoms with van der Waals surface area (Å²) in [5.41, 5.74) is 1.45. The van der Waals surface area contributed by atoms with Crippen molar-refractivity contribution in [1.29, 1.82) is 0 Å². The minimum absolute atomic E-state index is 0.570. The number of nitrogens with zero attached hydrogens (tertiary/aromatic N) is 2. The molecule has 2 saturated heterocycles. The molecule has 0 aromatic heterocycles. The van der Waals surface area contributed by atoms with Crippen molar-refractivity contribution in [3.05, 3.63) is 35.9 Å². The first-order chi connectivity index (χ1) is 11.8. The van der Waals surface area contributed by atoms with Crippen LogP contribution in [-0.4, -0.2) is 42.1 Å². The second-order valence-corrected chi connectivity index (χ2v) is 7.70. The van der Waals surface area contributed by atoms with Gasteiger partial charge in [0.25, 0.3) is 0 Å². The van der Waals surface area contributed by atoms with Crippen molar-refractivity contribution in [3.8, 4) is 0 Å². The van der Waals surface area contributed by atoms with Crippen LogP contribution in [0.4, 0.5) is 0 Å². The number of piperidine rings is 1. The topological polar surface area (TPSA) is 39.7 Å². The Hall–Kier alpha value is -1.55. The van der Waals surface area contributed by atoms with Crippen molar-refractivity contribution in [2.24, 2.45) is 4.99 Å². The number of guanidine groups is 1. The zero-order chi connectivity index (χ0) is 16.4. The van der Waals surface area contributed by atoms with Crippen molar-refractivity contribution in [2.45, 2.75) is 75.7 Å². The summed E-state index contributed by atoms with van der Waals surface area (Å²) in [6.07, 6.45) is 9.14. The second kappa shape index (κ2) is 7.14. The van der Waals surface area contributed by atoms with Crippen molar-refractivity contribution < 1.29 is 0 Å². The number of rotatable bonds is 4. The van der Waals surface area contributed by atoms with E-state index in [1.807, 2.05) is 7.05 Å². The fourth-order valence-electron chi connectivity index (χ4n) is 4.55. The third-order valence-corrected chi connectivity index (χ3v) is 6.10. The zero-order valence-electron chi connectivity index (χ0n) is 14.7. The van der Waals surface area contributed by atoms with E-state index in [9.17, 15) is 0 Å². The maximum atomic E-state index is 4.44. The molecule has 2 atom stereocenters. The van der Waals surface area contributed by atoms with E-state index >= 15 is 0 Å². The summed E-state index contributed by atoms with van der Waals surface area (Å²) in [4.78, 5) is 7.19. The van der Waals surface area contributed by atoms with Crippen LogP contribution in [0.25, 0.3) is 0 Å². The van der Waals surface area contributed by atoms with Gasteiger partial charge < -0.3 is 10.6 Å². The number of hydrogen-bond acceptors (Lipinski definition) is 2. The minimum atomic E-state index is 0.570. The van der Waals surface area contributed by atoms with Crippen LogP contribution in [0.1, 0.15) is 50.5 Å².